The lowest BCUT2D eigenvalue weighted by Crippen LogP contribution is -2.15. The molecule has 0 unspecified atom stereocenters. The molecule has 1 aromatic heterocycles. The molecular weight excluding hydrogens is 379 g/mol. The Hall–Kier alpha value is -2.81. The maximum atomic E-state index is 13.0. The van der Waals surface area contributed by atoms with Crippen LogP contribution in [-0.4, -0.2) is 28.7 Å². The van der Waals surface area contributed by atoms with E-state index in [9.17, 15) is 18.0 Å². The number of benzene rings is 2. The van der Waals surface area contributed by atoms with Gasteiger partial charge in [-0.05, 0) is 18.2 Å². The molecule has 140 valence electrons. The molecule has 27 heavy (non-hydrogen) atoms. The molecule has 3 aromatic rings. The van der Waals surface area contributed by atoms with Crippen LogP contribution in [0.25, 0.3) is 10.9 Å². The maximum Gasteiger partial charge on any atom is 0.451 e. The van der Waals surface area contributed by atoms with Crippen molar-refractivity contribution >= 4 is 34.3 Å². The number of para-hydroxylation sites is 1. The van der Waals surface area contributed by atoms with Crippen LogP contribution in [0.5, 0.6) is 5.75 Å². The van der Waals surface area contributed by atoms with E-state index in [4.69, 9.17) is 4.74 Å². The molecule has 0 bridgehead atoms. The lowest BCUT2D eigenvalue weighted by atomic mass is 10.2. The van der Waals surface area contributed by atoms with Crippen LogP contribution in [0.3, 0.4) is 0 Å². The third kappa shape index (κ3) is 4.68. The second kappa shape index (κ2) is 7.83. The number of nitrogens with one attached hydrogen (secondary N) is 1. The van der Waals surface area contributed by atoms with Crippen molar-refractivity contribution in [1.82, 2.24) is 9.97 Å². The van der Waals surface area contributed by atoms with Gasteiger partial charge in [0.25, 0.3) is 0 Å². The minimum absolute atomic E-state index is 0.102. The molecule has 2 aromatic carbocycles. The zero-order valence-corrected chi connectivity index (χ0v) is 14.9. The normalized spacial score (nSPS) is 11.4. The van der Waals surface area contributed by atoms with Crippen molar-refractivity contribution in [3.8, 4) is 5.75 Å². The van der Waals surface area contributed by atoms with E-state index in [0.717, 1.165) is 11.8 Å². The molecule has 5 nitrogen and oxygen atoms in total. The number of methoxy groups -OCH3 is 1. The summed E-state index contributed by atoms with van der Waals surface area (Å²) < 4.78 is 44.2. The summed E-state index contributed by atoms with van der Waals surface area (Å²) in [5.41, 5.74) is 0.707. The van der Waals surface area contributed by atoms with Gasteiger partial charge in [0, 0.05) is 17.1 Å². The molecule has 9 heteroatoms. The molecule has 0 fully saturated rings. The van der Waals surface area contributed by atoms with Gasteiger partial charge in [0.05, 0.1) is 18.4 Å². The largest absolute Gasteiger partial charge is 0.497 e. The number of thioether (sulfide) groups is 1. The predicted molar refractivity (Wildman–Crippen MR) is 96.9 cm³/mol. The fourth-order valence-electron chi connectivity index (χ4n) is 2.32. The van der Waals surface area contributed by atoms with E-state index >= 15 is 0 Å². The average molecular weight is 393 g/mol. The molecule has 0 spiro atoms. The summed E-state index contributed by atoms with van der Waals surface area (Å²) in [6.45, 7) is 0. The van der Waals surface area contributed by atoms with Crippen LogP contribution in [0.2, 0.25) is 0 Å². The monoisotopic (exact) mass is 393 g/mol. The fourth-order valence-corrected chi connectivity index (χ4v) is 3.14. The SMILES string of the molecule is COc1cccc(NC(=O)CSc2nc(C(F)(F)F)nc3ccccc23)c1. The number of hydrogen-bond donors (Lipinski definition) is 1. The number of ether oxygens (including phenoxy) is 1. The summed E-state index contributed by atoms with van der Waals surface area (Å²) in [6.07, 6.45) is -4.66. The first-order valence-electron chi connectivity index (χ1n) is 7.77. The number of anilines is 1. The molecule has 3 rings (SSSR count). The summed E-state index contributed by atoms with van der Waals surface area (Å²) in [4.78, 5) is 19.3. The van der Waals surface area contributed by atoms with Crippen LogP contribution in [0.4, 0.5) is 18.9 Å². The number of carbonyl (C=O) groups is 1. The van der Waals surface area contributed by atoms with Crippen LogP contribution >= 0.6 is 11.8 Å². The molecule has 0 atom stereocenters. The third-order valence-corrected chi connectivity index (χ3v) is 4.51. The van der Waals surface area contributed by atoms with Crippen LogP contribution in [0.15, 0.2) is 53.6 Å². The van der Waals surface area contributed by atoms with E-state index < -0.39 is 12.0 Å². The average Bonchev–Trinajstić information content (AvgIpc) is 2.65. The Morgan fingerprint density at radius 2 is 1.93 bits per heavy atom. The van der Waals surface area contributed by atoms with Gasteiger partial charge in [0.2, 0.25) is 11.7 Å². The van der Waals surface area contributed by atoms with E-state index in [1.54, 1.807) is 42.5 Å². The summed E-state index contributed by atoms with van der Waals surface area (Å²) in [5.74, 6) is -1.12. The molecule has 1 N–H and O–H groups in total. The zero-order valence-electron chi connectivity index (χ0n) is 14.1. The van der Waals surface area contributed by atoms with E-state index in [1.807, 2.05) is 0 Å². The van der Waals surface area contributed by atoms with E-state index in [2.05, 4.69) is 15.3 Å². The van der Waals surface area contributed by atoms with E-state index in [1.165, 1.54) is 13.2 Å². The molecule has 0 saturated heterocycles. The summed E-state index contributed by atoms with van der Waals surface area (Å²) in [6, 6.07) is 13.2. The lowest BCUT2D eigenvalue weighted by Gasteiger charge is -2.10. The van der Waals surface area contributed by atoms with Gasteiger partial charge in [-0.2, -0.15) is 13.2 Å². The lowest BCUT2D eigenvalue weighted by molar-refractivity contribution is -0.145. The van der Waals surface area contributed by atoms with Crippen molar-refractivity contribution in [2.75, 3.05) is 18.2 Å². The van der Waals surface area contributed by atoms with Gasteiger partial charge in [-0.3, -0.25) is 4.79 Å². The Bertz CT molecular complexity index is 979. The van der Waals surface area contributed by atoms with Crippen molar-refractivity contribution < 1.29 is 22.7 Å². The minimum Gasteiger partial charge on any atom is -0.497 e. The van der Waals surface area contributed by atoms with Crippen molar-refractivity contribution in [3.05, 3.63) is 54.4 Å². The van der Waals surface area contributed by atoms with Gasteiger partial charge in [-0.1, -0.05) is 36.0 Å². The highest BCUT2D eigenvalue weighted by Crippen LogP contribution is 2.32. The standard InChI is InChI=1S/C18H14F3N3O2S/c1-26-12-6-4-5-11(9-12)22-15(25)10-27-16-13-7-2-3-8-14(13)23-17(24-16)18(19,20)21/h2-9H,10H2,1H3,(H,22,25). The highest BCUT2D eigenvalue weighted by Gasteiger charge is 2.35. The topological polar surface area (TPSA) is 64.1 Å². The van der Waals surface area contributed by atoms with Crippen molar-refractivity contribution in [3.63, 3.8) is 0 Å². The van der Waals surface area contributed by atoms with Crippen LogP contribution in [0.1, 0.15) is 5.82 Å². The second-order valence-corrected chi connectivity index (χ2v) is 6.40. The number of hydrogen-bond acceptors (Lipinski definition) is 5. The predicted octanol–water partition coefficient (Wildman–Crippen LogP) is 4.39. The number of aromatic nitrogens is 2. The molecule has 0 aliphatic heterocycles. The van der Waals surface area contributed by atoms with Gasteiger partial charge < -0.3 is 10.1 Å². The Morgan fingerprint density at radius 3 is 2.67 bits per heavy atom. The molecule has 0 aliphatic rings. The summed E-state index contributed by atoms with van der Waals surface area (Å²) in [7, 11) is 1.51. The van der Waals surface area contributed by atoms with Crippen LogP contribution in [0, 0.1) is 0 Å². The Balaban J connectivity index is 1.78. The van der Waals surface area contributed by atoms with Gasteiger partial charge in [0.15, 0.2) is 0 Å². The summed E-state index contributed by atoms with van der Waals surface area (Å²) in [5, 5.41) is 3.24. The van der Waals surface area contributed by atoms with E-state index in [0.29, 0.717) is 16.8 Å². The van der Waals surface area contributed by atoms with Gasteiger partial charge in [-0.25, -0.2) is 9.97 Å². The second-order valence-electron chi connectivity index (χ2n) is 5.44. The molecule has 1 heterocycles. The number of nitrogens with zero attached hydrogens (tertiary/aromatic N) is 2. The molecule has 0 aliphatic carbocycles. The van der Waals surface area contributed by atoms with Crippen LogP contribution < -0.4 is 10.1 Å². The van der Waals surface area contributed by atoms with Gasteiger partial charge >= 0.3 is 6.18 Å². The van der Waals surface area contributed by atoms with Gasteiger partial charge in [-0.15, -0.1) is 0 Å². The van der Waals surface area contributed by atoms with Crippen LogP contribution in [-0.2, 0) is 11.0 Å². The van der Waals surface area contributed by atoms with Gasteiger partial charge in [0.1, 0.15) is 10.8 Å². The first-order valence-corrected chi connectivity index (χ1v) is 8.76. The molecule has 0 radical (unpaired) electrons. The highest BCUT2D eigenvalue weighted by atomic mass is 32.2. The Morgan fingerprint density at radius 1 is 1.15 bits per heavy atom. The Labute approximate surface area is 157 Å². The number of carbonyl (C=O) groups excluding carboxylic acids is 1. The minimum atomic E-state index is -4.66. The number of amides is 1. The first kappa shape index (κ1) is 19.0. The number of fused-ring (bicyclic) bond motifs is 1. The Kier molecular flexibility index (Phi) is 5.50. The first-order chi connectivity index (χ1) is 12.9. The third-order valence-electron chi connectivity index (χ3n) is 3.52. The smallest absolute Gasteiger partial charge is 0.451 e. The summed E-state index contributed by atoms with van der Waals surface area (Å²) >= 11 is 0.923. The molecule has 1 amide bonds. The fraction of sp³-hybridized carbons (Fsp3) is 0.167. The van der Waals surface area contributed by atoms with Crippen molar-refractivity contribution in [2.45, 2.75) is 11.2 Å². The number of rotatable bonds is 5. The molecular formula is C18H14F3N3O2S. The highest BCUT2D eigenvalue weighted by molar-refractivity contribution is 8.00. The number of alkyl halides is 3. The van der Waals surface area contributed by atoms with Crippen molar-refractivity contribution in [1.29, 1.82) is 0 Å². The molecule has 0 saturated carbocycles. The van der Waals surface area contributed by atoms with Crippen molar-refractivity contribution in [2.24, 2.45) is 0 Å². The zero-order chi connectivity index (χ0) is 19.4. The van der Waals surface area contributed by atoms with E-state index in [-0.39, 0.29) is 22.2 Å². The number of halogens is 3. The maximum absolute atomic E-state index is 13.0. The quantitative estimate of drug-likeness (QED) is 0.515.